The maximum Gasteiger partial charge on any atom is 0.215 e. The first-order chi connectivity index (χ1) is 8.39. The van der Waals surface area contributed by atoms with Gasteiger partial charge in [0, 0.05) is 19.1 Å². The summed E-state index contributed by atoms with van der Waals surface area (Å²) in [6.07, 6.45) is 3.25. The lowest BCUT2D eigenvalue weighted by molar-refractivity contribution is -0.0640. The summed E-state index contributed by atoms with van der Waals surface area (Å²) in [6, 6.07) is 0.120. The van der Waals surface area contributed by atoms with Crippen molar-refractivity contribution < 1.29 is 13.2 Å². The van der Waals surface area contributed by atoms with E-state index in [-0.39, 0.29) is 17.4 Å². The van der Waals surface area contributed by atoms with Crippen LogP contribution in [0.25, 0.3) is 0 Å². The predicted molar refractivity (Wildman–Crippen MR) is 71.0 cm³/mol. The van der Waals surface area contributed by atoms with Crippen LogP contribution in [0.15, 0.2) is 0 Å². The Morgan fingerprint density at radius 3 is 2.78 bits per heavy atom. The minimum Gasteiger partial charge on any atom is -0.373 e. The monoisotopic (exact) mass is 276 g/mol. The highest BCUT2D eigenvalue weighted by Gasteiger charge is 2.35. The average Bonchev–Trinajstić information content (AvgIpc) is 2.28. The number of piperidine rings is 1. The second kappa shape index (κ2) is 5.45. The molecule has 2 aliphatic heterocycles. The van der Waals surface area contributed by atoms with Crippen molar-refractivity contribution in [2.24, 2.45) is 0 Å². The van der Waals surface area contributed by atoms with E-state index < -0.39 is 10.0 Å². The summed E-state index contributed by atoms with van der Waals surface area (Å²) in [5, 5.41) is 3.30. The summed E-state index contributed by atoms with van der Waals surface area (Å²) in [5.41, 5.74) is -0.370. The molecule has 2 saturated heterocycles. The molecular formula is C12H24N2O3S. The van der Waals surface area contributed by atoms with E-state index in [1.54, 1.807) is 4.31 Å². The molecule has 2 heterocycles. The van der Waals surface area contributed by atoms with Crippen molar-refractivity contribution in [2.75, 3.05) is 32.0 Å². The molecule has 5 nitrogen and oxygen atoms in total. The minimum atomic E-state index is -3.16. The summed E-state index contributed by atoms with van der Waals surface area (Å²) < 4.78 is 31.9. The van der Waals surface area contributed by atoms with E-state index in [1.807, 2.05) is 13.8 Å². The maximum absolute atomic E-state index is 12.4. The van der Waals surface area contributed by atoms with E-state index in [1.165, 1.54) is 0 Å². The largest absolute Gasteiger partial charge is 0.373 e. The zero-order chi connectivity index (χ0) is 13.2. The van der Waals surface area contributed by atoms with Gasteiger partial charge in [-0.1, -0.05) is 6.42 Å². The second-order valence-electron chi connectivity index (χ2n) is 5.87. The molecule has 2 fully saturated rings. The summed E-state index contributed by atoms with van der Waals surface area (Å²) in [4.78, 5) is 0. The van der Waals surface area contributed by atoms with Crippen LogP contribution < -0.4 is 5.32 Å². The van der Waals surface area contributed by atoms with Crippen LogP contribution in [0, 0.1) is 0 Å². The number of rotatable bonds is 3. The average molecular weight is 276 g/mol. The highest BCUT2D eigenvalue weighted by Crippen LogP contribution is 2.20. The number of ether oxygens (including phenoxy) is 1. The van der Waals surface area contributed by atoms with Crippen molar-refractivity contribution in [3.8, 4) is 0 Å². The molecular weight excluding hydrogens is 252 g/mol. The van der Waals surface area contributed by atoms with Crippen molar-refractivity contribution in [3.63, 3.8) is 0 Å². The topological polar surface area (TPSA) is 58.6 Å². The molecule has 0 aromatic carbocycles. The Hall–Kier alpha value is -0.170. The molecule has 0 aromatic heterocycles. The molecule has 1 unspecified atom stereocenters. The number of hydrogen-bond acceptors (Lipinski definition) is 4. The first-order valence-electron chi connectivity index (χ1n) is 6.74. The van der Waals surface area contributed by atoms with E-state index >= 15 is 0 Å². The zero-order valence-electron chi connectivity index (χ0n) is 11.3. The first-order valence-corrected chi connectivity index (χ1v) is 8.35. The van der Waals surface area contributed by atoms with Gasteiger partial charge in [0.1, 0.15) is 0 Å². The number of hydrogen-bond donors (Lipinski definition) is 1. The molecule has 0 bridgehead atoms. The molecule has 0 aliphatic carbocycles. The van der Waals surface area contributed by atoms with Gasteiger partial charge in [-0.2, -0.15) is 4.31 Å². The molecule has 0 spiro atoms. The highest BCUT2D eigenvalue weighted by molar-refractivity contribution is 7.89. The van der Waals surface area contributed by atoms with Gasteiger partial charge in [-0.25, -0.2) is 8.42 Å². The van der Waals surface area contributed by atoms with Gasteiger partial charge < -0.3 is 10.1 Å². The van der Waals surface area contributed by atoms with Gasteiger partial charge in [-0.05, 0) is 33.2 Å². The number of sulfonamides is 1. The number of nitrogens with one attached hydrogen (secondary N) is 1. The van der Waals surface area contributed by atoms with Gasteiger partial charge in [-0.15, -0.1) is 0 Å². The Balaban J connectivity index is 1.97. The molecule has 1 N–H and O–H groups in total. The molecule has 0 aromatic rings. The Morgan fingerprint density at radius 1 is 1.39 bits per heavy atom. The molecule has 106 valence electrons. The van der Waals surface area contributed by atoms with Crippen LogP contribution in [-0.4, -0.2) is 56.4 Å². The summed E-state index contributed by atoms with van der Waals surface area (Å²) >= 11 is 0. The highest BCUT2D eigenvalue weighted by atomic mass is 32.2. The van der Waals surface area contributed by atoms with Crippen LogP contribution in [0.1, 0.15) is 33.1 Å². The Kier molecular flexibility index (Phi) is 4.31. The smallest absolute Gasteiger partial charge is 0.215 e. The fourth-order valence-electron chi connectivity index (χ4n) is 2.64. The second-order valence-corrected chi connectivity index (χ2v) is 7.88. The van der Waals surface area contributed by atoms with Crippen LogP contribution in [0.4, 0.5) is 0 Å². The lowest BCUT2D eigenvalue weighted by Crippen LogP contribution is -2.53. The third-order valence-corrected chi connectivity index (χ3v) is 5.53. The van der Waals surface area contributed by atoms with E-state index in [9.17, 15) is 8.42 Å². The summed E-state index contributed by atoms with van der Waals surface area (Å²) in [7, 11) is -3.16. The van der Waals surface area contributed by atoms with Gasteiger partial charge >= 0.3 is 0 Å². The van der Waals surface area contributed by atoms with Crippen LogP contribution in [0.3, 0.4) is 0 Å². The molecule has 0 saturated carbocycles. The quantitative estimate of drug-likeness (QED) is 0.819. The van der Waals surface area contributed by atoms with Crippen molar-refractivity contribution in [3.05, 3.63) is 0 Å². The molecule has 18 heavy (non-hydrogen) atoms. The minimum absolute atomic E-state index is 0.120. The van der Waals surface area contributed by atoms with E-state index in [0.717, 1.165) is 25.8 Å². The number of morpholine rings is 1. The normalized spacial score (nSPS) is 30.2. The molecule has 1 atom stereocenters. The van der Waals surface area contributed by atoms with Gasteiger partial charge in [-0.3, -0.25) is 0 Å². The SMILES string of the molecule is CC1(C)CN(S(=O)(=O)CC2CCCCN2)CCO1. The van der Waals surface area contributed by atoms with Crippen LogP contribution in [-0.2, 0) is 14.8 Å². The van der Waals surface area contributed by atoms with Crippen LogP contribution in [0.5, 0.6) is 0 Å². The van der Waals surface area contributed by atoms with Crippen LogP contribution in [0.2, 0.25) is 0 Å². The number of nitrogens with zero attached hydrogens (tertiary/aromatic N) is 1. The Labute approximate surface area is 110 Å². The maximum atomic E-state index is 12.4. The first kappa shape index (κ1) is 14.2. The Morgan fingerprint density at radius 2 is 2.17 bits per heavy atom. The molecule has 0 amide bonds. The van der Waals surface area contributed by atoms with E-state index in [4.69, 9.17) is 4.74 Å². The Bertz CT molecular complexity index is 375. The molecule has 2 aliphatic rings. The van der Waals surface area contributed by atoms with Crippen molar-refractivity contribution in [1.29, 1.82) is 0 Å². The van der Waals surface area contributed by atoms with Crippen molar-refractivity contribution in [1.82, 2.24) is 9.62 Å². The van der Waals surface area contributed by atoms with E-state index in [2.05, 4.69) is 5.32 Å². The molecule has 6 heteroatoms. The third kappa shape index (κ3) is 3.66. The standard InChI is InChI=1S/C12H24N2O3S/c1-12(2)10-14(7-8-17-12)18(15,16)9-11-5-3-4-6-13-11/h11,13H,3-10H2,1-2H3. The van der Waals surface area contributed by atoms with E-state index in [0.29, 0.717) is 19.7 Å². The lowest BCUT2D eigenvalue weighted by Gasteiger charge is -2.38. The summed E-state index contributed by atoms with van der Waals surface area (Å²) in [5.74, 6) is 0.225. The predicted octanol–water partition coefficient (Wildman–Crippen LogP) is 0.569. The summed E-state index contributed by atoms with van der Waals surface area (Å²) in [6.45, 7) is 6.25. The van der Waals surface area contributed by atoms with Crippen molar-refractivity contribution >= 4 is 10.0 Å². The van der Waals surface area contributed by atoms with Gasteiger partial charge in [0.15, 0.2) is 0 Å². The third-order valence-electron chi connectivity index (χ3n) is 3.61. The lowest BCUT2D eigenvalue weighted by atomic mass is 10.1. The molecule has 0 radical (unpaired) electrons. The van der Waals surface area contributed by atoms with Gasteiger partial charge in [0.25, 0.3) is 0 Å². The fourth-order valence-corrected chi connectivity index (χ4v) is 4.50. The van der Waals surface area contributed by atoms with Crippen LogP contribution >= 0.6 is 0 Å². The zero-order valence-corrected chi connectivity index (χ0v) is 12.1. The van der Waals surface area contributed by atoms with Crippen molar-refractivity contribution in [2.45, 2.75) is 44.8 Å². The molecule has 2 rings (SSSR count). The van der Waals surface area contributed by atoms with Gasteiger partial charge in [0.05, 0.1) is 18.0 Å². The van der Waals surface area contributed by atoms with Gasteiger partial charge in [0.2, 0.25) is 10.0 Å². The fraction of sp³-hybridized carbons (Fsp3) is 1.00.